The Hall–Kier alpha value is -2.81. The molecule has 0 radical (unpaired) electrons. The lowest BCUT2D eigenvalue weighted by atomic mass is 9.46. The van der Waals surface area contributed by atoms with Gasteiger partial charge in [-0.3, -0.25) is 19.2 Å². The number of amides is 1. The molecule has 0 aromatic rings. The standard InChI is InChI=1S/C31H43NO8/c1-28(2,3)40-27(37)32-15-7-6-8-25(36)39-18-24(35)31(38)14-12-22-21-10-9-19-16-20(33)11-13-29(19,4)26(21)23(34)17-30(22,31)5/h11,13,16,21-22,26,38H,6-10,12,14-15,17-18H2,1-5H3,(H,32,37)/t21-,22-,26+,29-,30-,31-/m0/s1. The first-order chi connectivity index (χ1) is 18.6. The molecule has 0 spiro atoms. The van der Waals surface area contributed by atoms with Crippen LogP contribution in [0.25, 0.3) is 0 Å². The molecular formula is C31H43NO8. The van der Waals surface area contributed by atoms with E-state index in [4.69, 9.17) is 9.47 Å². The van der Waals surface area contributed by atoms with Crippen LogP contribution in [0.1, 0.15) is 86.0 Å². The average molecular weight is 558 g/mol. The molecule has 1 amide bonds. The maximum absolute atomic E-state index is 13.7. The smallest absolute Gasteiger partial charge is 0.407 e. The number of rotatable bonds is 8. The second-order valence-electron chi connectivity index (χ2n) is 13.4. The van der Waals surface area contributed by atoms with Gasteiger partial charge in [0.2, 0.25) is 5.78 Å². The minimum absolute atomic E-state index is 0.00455. The zero-order chi connectivity index (χ0) is 29.5. The molecule has 0 heterocycles. The van der Waals surface area contributed by atoms with Crippen molar-refractivity contribution in [3.05, 3.63) is 23.8 Å². The van der Waals surface area contributed by atoms with Gasteiger partial charge < -0.3 is 19.9 Å². The van der Waals surface area contributed by atoms with E-state index in [2.05, 4.69) is 5.32 Å². The number of esters is 1. The highest BCUT2D eigenvalue weighted by Gasteiger charge is 2.68. The Morgan fingerprint density at radius 2 is 1.85 bits per heavy atom. The van der Waals surface area contributed by atoms with Crippen molar-refractivity contribution in [1.29, 1.82) is 0 Å². The van der Waals surface area contributed by atoms with Gasteiger partial charge in [-0.05, 0) is 83.3 Å². The number of nitrogens with one attached hydrogen (secondary N) is 1. The summed E-state index contributed by atoms with van der Waals surface area (Å²) in [6, 6.07) is 0. The summed E-state index contributed by atoms with van der Waals surface area (Å²) >= 11 is 0. The molecule has 2 N–H and O–H groups in total. The molecule has 0 aromatic carbocycles. The summed E-state index contributed by atoms with van der Waals surface area (Å²) in [4.78, 5) is 63.0. The number of hydrogen-bond acceptors (Lipinski definition) is 8. The van der Waals surface area contributed by atoms with Gasteiger partial charge in [0, 0.05) is 36.1 Å². The fraction of sp³-hybridized carbons (Fsp3) is 0.710. The summed E-state index contributed by atoms with van der Waals surface area (Å²) in [6.07, 6.45) is 8.01. The summed E-state index contributed by atoms with van der Waals surface area (Å²) in [6.45, 7) is 9.00. The van der Waals surface area contributed by atoms with Crippen LogP contribution in [0.3, 0.4) is 0 Å². The molecule has 9 heteroatoms. The van der Waals surface area contributed by atoms with E-state index in [1.807, 2.05) is 19.9 Å². The highest BCUT2D eigenvalue weighted by molar-refractivity contribution is 6.02. The number of alkyl carbamates (subject to hydrolysis) is 1. The maximum Gasteiger partial charge on any atom is 0.407 e. The number of fused-ring (bicyclic) bond motifs is 5. The normalized spacial score (nSPS) is 34.8. The van der Waals surface area contributed by atoms with Crippen LogP contribution < -0.4 is 5.32 Å². The lowest BCUT2D eigenvalue weighted by Crippen LogP contribution is -2.60. The third-order valence-electron chi connectivity index (χ3n) is 9.71. The topological polar surface area (TPSA) is 136 Å². The number of ketones is 3. The monoisotopic (exact) mass is 557 g/mol. The number of allylic oxidation sites excluding steroid dienone is 4. The number of ether oxygens (including phenoxy) is 2. The summed E-state index contributed by atoms with van der Waals surface area (Å²) in [5.41, 5.74) is -2.79. The van der Waals surface area contributed by atoms with E-state index >= 15 is 0 Å². The predicted octanol–water partition coefficient (Wildman–Crippen LogP) is 4.01. The molecular weight excluding hydrogens is 514 g/mol. The van der Waals surface area contributed by atoms with Crippen molar-refractivity contribution in [3.8, 4) is 0 Å². The van der Waals surface area contributed by atoms with Gasteiger partial charge in [0.25, 0.3) is 0 Å². The van der Waals surface area contributed by atoms with Crippen molar-refractivity contribution in [2.24, 2.45) is 28.6 Å². The first-order valence-electron chi connectivity index (χ1n) is 14.5. The maximum atomic E-state index is 13.7. The van der Waals surface area contributed by atoms with Gasteiger partial charge in [0.1, 0.15) is 17.0 Å². The highest BCUT2D eigenvalue weighted by Crippen LogP contribution is 2.66. The van der Waals surface area contributed by atoms with Crippen LogP contribution in [-0.4, -0.2) is 58.9 Å². The molecule has 220 valence electrons. The van der Waals surface area contributed by atoms with Crippen molar-refractivity contribution in [1.82, 2.24) is 5.32 Å². The average Bonchev–Trinajstić information content (AvgIpc) is 3.12. The number of unbranched alkanes of at least 4 members (excludes halogenated alkanes) is 1. The first kappa shape index (κ1) is 30.2. The Morgan fingerprint density at radius 1 is 1.12 bits per heavy atom. The lowest BCUT2D eigenvalue weighted by molar-refractivity contribution is -0.172. The van der Waals surface area contributed by atoms with Crippen LogP contribution >= 0.6 is 0 Å². The molecule has 6 atom stereocenters. The lowest BCUT2D eigenvalue weighted by Gasteiger charge is -2.56. The molecule has 9 nitrogen and oxygen atoms in total. The zero-order valence-electron chi connectivity index (χ0n) is 24.3. The van der Waals surface area contributed by atoms with Crippen molar-refractivity contribution < 1.29 is 38.6 Å². The summed E-state index contributed by atoms with van der Waals surface area (Å²) in [5, 5.41) is 14.4. The van der Waals surface area contributed by atoms with Crippen LogP contribution in [0.4, 0.5) is 4.79 Å². The van der Waals surface area contributed by atoms with Crippen molar-refractivity contribution in [3.63, 3.8) is 0 Å². The number of Topliss-reactive ketones (excluding diaryl/α,β-unsaturated/α-hetero) is 2. The van der Waals surface area contributed by atoms with E-state index in [1.54, 1.807) is 32.9 Å². The van der Waals surface area contributed by atoms with Crippen molar-refractivity contribution >= 4 is 29.4 Å². The third-order valence-corrected chi connectivity index (χ3v) is 9.71. The number of carbonyl (C=O) groups excluding carboxylic acids is 5. The van der Waals surface area contributed by atoms with Gasteiger partial charge in [-0.1, -0.05) is 25.5 Å². The number of carbonyl (C=O) groups is 5. The molecule has 3 saturated carbocycles. The molecule has 4 aliphatic rings. The number of hydrogen-bond donors (Lipinski definition) is 2. The largest absolute Gasteiger partial charge is 0.458 e. The molecule has 0 bridgehead atoms. The minimum atomic E-state index is -1.74. The summed E-state index contributed by atoms with van der Waals surface area (Å²) in [5.74, 6) is -1.45. The molecule has 3 fully saturated rings. The van der Waals surface area contributed by atoms with Gasteiger partial charge in [0.15, 0.2) is 12.4 Å². The summed E-state index contributed by atoms with van der Waals surface area (Å²) in [7, 11) is 0. The van der Waals surface area contributed by atoms with Crippen LogP contribution in [0.5, 0.6) is 0 Å². The Labute approximate surface area is 236 Å². The SMILES string of the molecule is CC(C)(C)OC(=O)NCCCCC(=O)OCC(=O)[C@@]1(O)CC[C@H]2[C@@H]3CCC4=CC(=O)C=C[C@]4(C)[C@H]3C(=O)C[C@@]21C. The van der Waals surface area contributed by atoms with Crippen LogP contribution in [0, 0.1) is 28.6 Å². The minimum Gasteiger partial charge on any atom is -0.458 e. The molecule has 0 aromatic heterocycles. The van der Waals surface area contributed by atoms with Gasteiger partial charge >= 0.3 is 12.1 Å². The number of aliphatic hydroxyl groups is 1. The fourth-order valence-electron chi connectivity index (χ4n) is 7.73. The Balaban J connectivity index is 1.31. The fourth-order valence-corrected chi connectivity index (χ4v) is 7.73. The summed E-state index contributed by atoms with van der Waals surface area (Å²) < 4.78 is 10.4. The first-order valence-corrected chi connectivity index (χ1v) is 14.5. The van der Waals surface area contributed by atoms with E-state index in [-0.39, 0.29) is 48.6 Å². The highest BCUT2D eigenvalue weighted by atomic mass is 16.6. The van der Waals surface area contributed by atoms with Crippen LogP contribution in [-0.2, 0) is 28.7 Å². The van der Waals surface area contributed by atoms with E-state index < -0.39 is 46.5 Å². The van der Waals surface area contributed by atoms with E-state index in [1.165, 1.54) is 0 Å². The van der Waals surface area contributed by atoms with Crippen LogP contribution in [0.15, 0.2) is 23.8 Å². The zero-order valence-corrected chi connectivity index (χ0v) is 24.3. The molecule has 0 aliphatic heterocycles. The Kier molecular flexibility index (Phi) is 8.20. The van der Waals surface area contributed by atoms with E-state index in [9.17, 15) is 29.1 Å². The van der Waals surface area contributed by atoms with Crippen molar-refractivity contribution in [2.75, 3.05) is 13.2 Å². The van der Waals surface area contributed by atoms with Gasteiger partial charge in [-0.25, -0.2) is 4.79 Å². The van der Waals surface area contributed by atoms with E-state index in [0.29, 0.717) is 32.2 Å². The molecule has 0 unspecified atom stereocenters. The van der Waals surface area contributed by atoms with Gasteiger partial charge in [0.05, 0.1) is 0 Å². The second kappa shape index (κ2) is 10.9. The molecule has 40 heavy (non-hydrogen) atoms. The quantitative estimate of drug-likeness (QED) is 0.338. The van der Waals surface area contributed by atoms with E-state index in [0.717, 1.165) is 12.0 Å². The molecule has 4 aliphatic carbocycles. The molecule has 4 rings (SSSR count). The van der Waals surface area contributed by atoms with Crippen LogP contribution in [0.2, 0.25) is 0 Å². The Bertz CT molecular complexity index is 1150. The Morgan fingerprint density at radius 3 is 2.55 bits per heavy atom. The molecule has 0 saturated heterocycles. The predicted molar refractivity (Wildman–Crippen MR) is 146 cm³/mol. The van der Waals surface area contributed by atoms with Gasteiger partial charge in [-0.15, -0.1) is 0 Å². The van der Waals surface area contributed by atoms with Gasteiger partial charge in [-0.2, -0.15) is 0 Å². The van der Waals surface area contributed by atoms with Crippen molar-refractivity contribution in [2.45, 2.75) is 97.2 Å². The third kappa shape index (κ3) is 5.54. The second-order valence-corrected chi connectivity index (χ2v) is 13.4.